The summed E-state index contributed by atoms with van der Waals surface area (Å²) >= 11 is 1.01. The number of hydrogen-bond donors (Lipinski definition) is 1. The Bertz CT molecular complexity index is 977. The molecular formula is C15H11N3O4S2. The molecule has 0 saturated heterocycles. The van der Waals surface area contributed by atoms with Crippen molar-refractivity contribution in [2.24, 2.45) is 0 Å². The number of rotatable bonds is 6. The molecule has 0 radical (unpaired) electrons. The minimum atomic E-state index is -3.62. The van der Waals surface area contributed by atoms with E-state index in [-0.39, 0.29) is 21.3 Å². The lowest BCUT2D eigenvalue weighted by molar-refractivity contribution is -0.114. The Morgan fingerprint density at radius 2 is 1.92 bits per heavy atom. The van der Waals surface area contributed by atoms with Crippen LogP contribution in [0.25, 0.3) is 0 Å². The van der Waals surface area contributed by atoms with Crippen molar-refractivity contribution < 1.29 is 18.0 Å². The molecule has 0 aliphatic heterocycles. The van der Waals surface area contributed by atoms with Crippen molar-refractivity contribution in [1.29, 1.82) is 0 Å². The molecule has 1 N–H and O–H groups in total. The van der Waals surface area contributed by atoms with Gasteiger partial charge in [-0.1, -0.05) is 18.2 Å². The fraction of sp³-hybridized carbons (Fsp3) is 0.0667. The quantitative estimate of drug-likeness (QED) is 0.528. The number of sulfone groups is 1. The minimum absolute atomic E-state index is 0.127. The molecule has 3 aromatic rings. The summed E-state index contributed by atoms with van der Waals surface area (Å²) in [5.41, 5.74) is 0.461. The second-order valence-electron chi connectivity index (χ2n) is 4.84. The first kappa shape index (κ1) is 16.2. The Balaban J connectivity index is 1.79. The number of aromatic nitrogens is 3. The first-order valence-electron chi connectivity index (χ1n) is 6.79. The first-order valence-corrected chi connectivity index (χ1v) is 9.15. The van der Waals surface area contributed by atoms with Crippen molar-refractivity contribution >= 4 is 32.7 Å². The summed E-state index contributed by atoms with van der Waals surface area (Å²) in [6, 6.07) is 9.43. The Hall–Kier alpha value is -2.65. The van der Waals surface area contributed by atoms with Gasteiger partial charge < -0.3 is 0 Å². The Morgan fingerprint density at radius 1 is 1.17 bits per heavy atom. The van der Waals surface area contributed by atoms with Crippen molar-refractivity contribution in [3.05, 3.63) is 59.5 Å². The Labute approximate surface area is 141 Å². The monoisotopic (exact) mass is 361 g/mol. The van der Waals surface area contributed by atoms with E-state index in [4.69, 9.17) is 0 Å². The van der Waals surface area contributed by atoms with Gasteiger partial charge in [0.1, 0.15) is 10.5 Å². The van der Waals surface area contributed by atoms with Crippen LogP contribution >= 0.6 is 11.3 Å². The van der Waals surface area contributed by atoms with Crippen LogP contribution in [0.1, 0.15) is 16.2 Å². The predicted molar refractivity (Wildman–Crippen MR) is 85.6 cm³/mol. The summed E-state index contributed by atoms with van der Waals surface area (Å²) < 4.78 is 25.1. The van der Waals surface area contributed by atoms with Crippen LogP contribution in [0.4, 0.5) is 0 Å². The number of nitrogens with one attached hydrogen (secondary N) is 1. The van der Waals surface area contributed by atoms with Gasteiger partial charge >= 0.3 is 0 Å². The highest BCUT2D eigenvalue weighted by Gasteiger charge is 2.23. The topological polar surface area (TPSA) is 110 Å². The Kier molecular flexibility index (Phi) is 4.36. The summed E-state index contributed by atoms with van der Waals surface area (Å²) in [5.74, 6) is -1.71. The van der Waals surface area contributed by atoms with Gasteiger partial charge in [0.2, 0.25) is 21.4 Å². The average molecular weight is 361 g/mol. The molecule has 1 aromatic carbocycles. The third kappa shape index (κ3) is 3.17. The number of H-pyrrole nitrogens is 1. The second kappa shape index (κ2) is 6.46. The third-order valence-electron chi connectivity index (χ3n) is 3.18. The molecule has 0 atom stereocenters. The fourth-order valence-electron chi connectivity index (χ4n) is 2.01. The number of Topliss-reactive ketones (excluding diaryl/α,β-unsaturated/α-hetero) is 2. The normalized spacial score (nSPS) is 11.3. The standard InChI is InChI=1S/C15H11N3O4S2/c19-12(14(20)15-16-9-17-18-15)6-10-7-13(23-8-10)24(21,22)11-4-2-1-3-5-11/h1-5,7-9H,6H2,(H,16,17,18). The highest BCUT2D eigenvalue weighted by molar-refractivity contribution is 7.93. The smallest absolute Gasteiger partial charge is 0.267 e. The largest absolute Gasteiger partial charge is 0.290 e. The Morgan fingerprint density at radius 3 is 2.58 bits per heavy atom. The summed E-state index contributed by atoms with van der Waals surface area (Å²) in [6.07, 6.45) is 1.00. The van der Waals surface area contributed by atoms with E-state index >= 15 is 0 Å². The zero-order chi connectivity index (χ0) is 17.2. The van der Waals surface area contributed by atoms with Crippen molar-refractivity contribution in [2.75, 3.05) is 0 Å². The van der Waals surface area contributed by atoms with E-state index in [1.54, 1.807) is 23.6 Å². The number of ketones is 2. The lowest BCUT2D eigenvalue weighted by atomic mass is 10.1. The van der Waals surface area contributed by atoms with Gasteiger partial charge in [-0.15, -0.1) is 16.4 Å². The van der Waals surface area contributed by atoms with Crippen LogP contribution in [0, 0.1) is 0 Å². The van der Waals surface area contributed by atoms with Crippen LogP contribution in [0.5, 0.6) is 0 Å². The van der Waals surface area contributed by atoms with E-state index in [1.165, 1.54) is 24.5 Å². The van der Waals surface area contributed by atoms with Gasteiger partial charge in [-0.3, -0.25) is 14.7 Å². The van der Waals surface area contributed by atoms with Crippen molar-refractivity contribution in [1.82, 2.24) is 15.2 Å². The van der Waals surface area contributed by atoms with Crippen LogP contribution in [-0.2, 0) is 21.1 Å². The third-order valence-corrected chi connectivity index (χ3v) is 6.44. The molecular weight excluding hydrogens is 350 g/mol. The number of nitrogens with zero attached hydrogens (tertiary/aromatic N) is 2. The van der Waals surface area contributed by atoms with Crippen molar-refractivity contribution in [3.63, 3.8) is 0 Å². The van der Waals surface area contributed by atoms with E-state index in [0.717, 1.165) is 11.3 Å². The summed E-state index contributed by atoms with van der Waals surface area (Å²) in [4.78, 5) is 27.6. The number of benzene rings is 1. The maximum absolute atomic E-state index is 12.5. The average Bonchev–Trinajstić information content (AvgIpc) is 3.27. The molecule has 0 aliphatic carbocycles. The van der Waals surface area contributed by atoms with Gasteiger partial charge in [-0.05, 0) is 29.1 Å². The lowest BCUT2D eigenvalue weighted by Crippen LogP contribution is -2.17. The lowest BCUT2D eigenvalue weighted by Gasteiger charge is -2.00. The minimum Gasteiger partial charge on any atom is -0.290 e. The number of carbonyl (C=O) groups excluding carboxylic acids is 2. The highest BCUT2D eigenvalue weighted by Crippen LogP contribution is 2.27. The van der Waals surface area contributed by atoms with Crippen LogP contribution in [0.3, 0.4) is 0 Å². The maximum atomic E-state index is 12.5. The van der Waals surface area contributed by atoms with Gasteiger partial charge in [0, 0.05) is 6.42 Å². The highest BCUT2D eigenvalue weighted by atomic mass is 32.2. The molecule has 0 amide bonds. The number of thiophene rings is 1. The summed E-state index contributed by atoms with van der Waals surface area (Å²) in [6.45, 7) is 0. The molecule has 7 nitrogen and oxygen atoms in total. The van der Waals surface area contributed by atoms with E-state index in [0.29, 0.717) is 5.56 Å². The van der Waals surface area contributed by atoms with Crippen LogP contribution in [-0.4, -0.2) is 35.2 Å². The van der Waals surface area contributed by atoms with Crippen LogP contribution in [0.2, 0.25) is 0 Å². The number of carbonyl (C=O) groups is 2. The van der Waals surface area contributed by atoms with Crippen molar-refractivity contribution in [2.45, 2.75) is 15.5 Å². The maximum Gasteiger partial charge on any atom is 0.267 e. The molecule has 0 aliphatic rings. The summed E-state index contributed by atoms with van der Waals surface area (Å²) in [7, 11) is -3.62. The molecule has 0 fully saturated rings. The second-order valence-corrected chi connectivity index (χ2v) is 7.93. The zero-order valence-corrected chi connectivity index (χ0v) is 13.8. The van der Waals surface area contributed by atoms with E-state index in [9.17, 15) is 18.0 Å². The van der Waals surface area contributed by atoms with Gasteiger partial charge in [-0.25, -0.2) is 13.4 Å². The predicted octanol–water partition coefficient (Wildman–Crippen LogP) is 1.69. The van der Waals surface area contributed by atoms with Crippen molar-refractivity contribution in [3.8, 4) is 0 Å². The van der Waals surface area contributed by atoms with E-state index < -0.39 is 21.4 Å². The molecule has 2 heterocycles. The van der Waals surface area contributed by atoms with Crippen LogP contribution in [0.15, 0.2) is 57.2 Å². The molecule has 2 aromatic heterocycles. The molecule has 24 heavy (non-hydrogen) atoms. The van der Waals surface area contributed by atoms with Gasteiger partial charge in [0.25, 0.3) is 5.78 Å². The fourth-order valence-corrected chi connectivity index (χ4v) is 4.64. The zero-order valence-electron chi connectivity index (χ0n) is 12.2. The molecule has 0 unspecified atom stereocenters. The molecule has 122 valence electrons. The van der Waals surface area contributed by atoms with Gasteiger partial charge in [0.15, 0.2) is 0 Å². The van der Waals surface area contributed by atoms with Gasteiger partial charge in [0.05, 0.1) is 4.90 Å². The summed E-state index contributed by atoms with van der Waals surface area (Å²) in [5, 5.41) is 7.48. The van der Waals surface area contributed by atoms with E-state index in [1.807, 2.05) is 0 Å². The number of aromatic amines is 1. The van der Waals surface area contributed by atoms with Crippen LogP contribution < -0.4 is 0 Å². The molecule has 9 heteroatoms. The van der Waals surface area contributed by atoms with Gasteiger partial charge in [-0.2, -0.15) is 0 Å². The molecule has 0 saturated carbocycles. The first-order chi connectivity index (χ1) is 11.5. The molecule has 3 rings (SSSR count). The molecule has 0 spiro atoms. The SMILES string of the molecule is O=C(Cc1csc(S(=O)(=O)c2ccccc2)c1)C(=O)c1nc[nH]n1. The molecule has 0 bridgehead atoms. The number of hydrogen-bond acceptors (Lipinski definition) is 7. The van der Waals surface area contributed by atoms with E-state index in [2.05, 4.69) is 15.2 Å².